The molecular formula is C12H17FN2O2. The predicted molar refractivity (Wildman–Crippen MR) is 63.3 cm³/mol. The van der Waals surface area contributed by atoms with Crippen LogP contribution in [0, 0.1) is 12.7 Å². The van der Waals surface area contributed by atoms with E-state index in [0.29, 0.717) is 37.4 Å². The minimum atomic E-state index is -0.342. The second-order valence-corrected chi connectivity index (χ2v) is 3.62. The highest BCUT2D eigenvalue weighted by molar-refractivity contribution is 5.95. The zero-order valence-electron chi connectivity index (χ0n) is 9.83. The molecule has 0 bridgehead atoms. The molecule has 0 radical (unpaired) electrons. The first-order valence-electron chi connectivity index (χ1n) is 5.47. The van der Waals surface area contributed by atoms with E-state index >= 15 is 0 Å². The van der Waals surface area contributed by atoms with Gasteiger partial charge in [-0.2, -0.15) is 0 Å². The van der Waals surface area contributed by atoms with E-state index < -0.39 is 0 Å². The van der Waals surface area contributed by atoms with Crippen LogP contribution in [0.2, 0.25) is 0 Å². The average Bonchev–Trinajstić information content (AvgIpc) is 2.28. The average molecular weight is 240 g/mol. The summed E-state index contributed by atoms with van der Waals surface area (Å²) < 4.78 is 18.0. The van der Waals surface area contributed by atoms with Gasteiger partial charge in [0.1, 0.15) is 5.82 Å². The van der Waals surface area contributed by atoms with Crippen molar-refractivity contribution in [2.24, 2.45) is 5.73 Å². The second-order valence-electron chi connectivity index (χ2n) is 3.62. The molecular weight excluding hydrogens is 223 g/mol. The molecule has 0 fully saturated rings. The number of rotatable bonds is 6. The van der Waals surface area contributed by atoms with Gasteiger partial charge < -0.3 is 15.8 Å². The zero-order valence-corrected chi connectivity index (χ0v) is 9.83. The van der Waals surface area contributed by atoms with E-state index in [2.05, 4.69) is 5.32 Å². The first-order chi connectivity index (χ1) is 8.15. The van der Waals surface area contributed by atoms with Crippen molar-refractivity contribution in [3.8, 4) is 0 Å². The van der Waals surface area contributed by atoms with Crippen LogP contribution in [0.25, 0.3) is 0 Å². The lowest BCUT2D eigenvalue weighted by molar-refractivity contribution is 0.0919. The molecule has 0 saturated heterocycles. The molecule has 0 unspecified atom stereocenters. The highest BCUT2D eigenvalue weighted by Gasteiger charge is 2.08. The Bertz CT molecular complexity index is 383. The van der Waals surface area contributed by atoms with Crippen molar-refractivity contribution < 1.29 is 13.9 Å². The van der Waals surface area contributed by atoms with E-state index in [1.807, 2.05) is 0 Å². The minimum Gasteiger partial charge on any atom is -0.378 e. The van der Waals surface area contributed by atoms with Gasteiger partial charge in [0, 0.05) is 18.7 Å². The molecule has 94 valence electrons. The summed E-state index contributed by atoms with van der Waals surface area (Å²) >= 11 is 0. The lowest BCUT2D eigenvalue weighted by Crippen LogP contribution is -2.28. The molecule has 0 aliphatic carbocycles. The third-order valence-corrected chi connectivity index (χ3v) is 2.23. The third kappa shape index (κ3) is 4.50. The minimum absolute atomic E-state index is 0.223. The molecule has 1 aromatic carbocycles. The van der Waals surface area contributed by atoms with Crippen molar-refractivity contribution in [1.29, 1.82) is 0 Å². The van der Waals surface area contributed by atoms with Gasteiger partial charge in [0.15, 0.2) is 0 Å². The molecule has 3 N–H and O–H groups in total. The molecule has 0 saturated carbocycles. The van der Waals surface area contributed by atoms with Crippen LogP contribution in [-0.2, 0) is 4.74 Å². The predicted octanol–water partition coefficient (Wildman–Crippen LogP) is 0.839. The number of hydrogen-bond acceptors (Lipinski definition) is 3. The Kier molecular flexibility index (Phi) is 5.59. The standard InChI is InChI=1S/C12H17FN2O2/c1-9-8-10(13)2-3-11(9)12(16)15-5-7-17-6-4-14/h2-3,8H,4-7,14H2,1H3,(H,15,16). The van der Waals surface area contributed by atoms with Gasteiger partial charge in [-0.05, 0) is 30.7 Å². The Labute approximate surface area is 100.0 Å². The number of carbonyl (C=O) groups is 1. The van der Waals surface area contributed by atoms with Gasteiger partial charge in [0.05, 0.1) is 13.2 Å². The fraction of sp³-hybridized carbons (Fsp3) is 0.417. The maximum atomic E-state index is 12.8. The summed E-state index contributed by atoms with van der Waals surface area (Å²) in [6, 6.07) is 4.08. The molecule has 1 rings (SSSR count). The first-order valence-corrected chi connectivity index (χ1v) is 5.47. The smallest absolute Gasteiger partial charge is 0.251 e. The Morgan fingerprint density at radius 1 is 1.47 bits per heavy atom. The summed E-state index contributed by atoms with van der Waals surface area (Å²) in [5.74, 6) is -0.566. The number of amides is 1. The maximum Gasteiger partial charge on any atom is 0.251 e. The van der Waals surface area contributed by atoms with Crippen LogP contribution in [0.1, 0.15) is 15.9 Å². The van der Waals surface area contributed by atoms with Gasteiger partial charge >= 0.3 is 0 Å². The lowest BCUT2D eigenvalue weighted by Gasteiger charge is -2.08. The molecule has 1 aromatic rings. The zero-order chi connectivity index (χ0) is 12.7. The van der Waals surface area contributed by atoms with Crippen molar-refractivity contribution in [1.82, 2.24) is 5.32 Å². The SMILES string of the molecule is Cc1cc(F)ccc1C(=O)NCCOCCN. The number of nitrogens with one attached hydrogen (secondary N) is 1. The Morgan fingerprint density at radius 3 is 2.88 bits per heavy atom. The van der Waals surface area contributed by atoms with E-state index in [-0.39, 0.29) is 11.7 Å². The summed E-state index contributed by atoms with van der Waals surface area (Å²) in [5, 5.41) is 2.69. The number of hydrogen-bond donors (Lipinski definition) is 2. The van der Waals surface area contributed by atoms with Crippen molar-refractivity contribution in [2.75, 3.05) is 26.3 Å². The maximum absolute atomic E-state index is 12.8. The van der Waals surface area contributed by atoms with E-state index in [0.717, 1.165) is 0 Å². The third-order valence-electron chi connectivity index (χ3n) is 2.23. The van der Waals surface area contributed by atoms with Gasteiger partial charge in [-0.1, -0.05) is 0 Å². The van der Waals surface area contributed by atoms with Crippen LogP contribution in [-0.4, -0.2) is 32.2 Å². The summed E-state index contributed by atoms with van der Waals surface area (Å²) in [6.07, 6.45) is 0. The van der Waals surface area contributed by atoms with Crippen molar-refractivity contribution >= 4 is 5.91 Å². The molecule has 4 nitrogen and oxygen atoms in total. The summed E-state index contributed by atoms with van der Waals surface area (Å²) in [7, 11) is 0. The fourth-order valence-electron chi connectivity index (χ4n) is 1.40. The molecule has 1 amide bonds. The fourth-order valence-corrected chi connectivity index (χ4v) is 1.40. The van der Waals surface area contributed by atoms with Crippen molar-refractivity contribution in [3.63, 3.8) is 0 Å². The summed E-state index contributed by atoms with van der Waals surface area (Å²) in [5.41, 5.74) is 6.34. The van der Waals surface area contributed by atoms with Gasteiger partial charge in [-0.3, -0.25) is 4.79 Å². The Hall–Kier alpha value is -1.46. The normalized spacial score (nSPS) is 10.3. The Morgan fingerprint density at radius 2 is 2.24 bits per heavy atom. The van der Waals surface area contributed by atoms with Crippen LogP contribution in [0.4, 0.5) is 4.39 Å². The van der Waals surface area contributed by atoms with Crippen molar-refractivity contribution in [2.45, 2.75) is 6.92 Å². The number of aryl methyl sites for hydroxylation is 1. The molecule has 0 aliphatic rings. The topological polar surface area (TPSA) is 64.3 Å². The van der Waals surface area contributed by atoms with Crippen LogP contribution in [0.15, 0.2) is 18.2 Å². The van der Waals surface area contributed by atoms with E-state index in [4.69, 9.17) is 10.5 Å². The van der Waals surface area contributed by atoms with Crippen LogP contribution < -0.4 is 11.1 Å². The van der Waals surface area contributed by atoms with Gasteiger partial charge in [-0.25, -0.2) is 4.39 Å². The van der Waals surface area contributed by atoms with Crippen LogP contribution in [0.3, 0.4) is 0 Å². The lowest BCUT2D eigenvalue weighted by atomic mass is 10.1. The number of carbonyl (C=O) groups excluding carboxylic acids is 1. The van der Waals surface area contributed by atoms with Crippen LogP contribution in [0.5, 0.6) is 0 Å². The molecule has 0 aromatic heterocycles. The quantitative estimate of drug-likeness (QED) is 0.724. The van der Waals surface area contributed by atoms with Gasteiger partial charge in [-0.15, -0.1) is 0 Å². The number of nitrogens with two attached hydrogens (primary N) is 1. The van der Waals surface area contributed by atoms with E-state index in [1.54, 1.807) is 6.92 Å². The highest BCUT2D eigenvalue weighted by Crippen LogP contribution is 2.09. The monoisotopic (exact) mass is 240 g/mol. The van der Waals surface area contributed by atoms with Crippen LogP contribution >= 0.6 is 0 Å². The van der Waals surface area contributed by atoms with Gasteiger partial charge in [0.2, 0.25) is 0 Å². The number of halogens is 1. The second kappa shape index (κ2) is 6.98. The van der Waals surface area contributed by atoms with Crippen molar-refractivity contribution in [3.05, 3.63) is 35.1 Å². The molecule has 0 spiro atoms. The van der Waals surface area contributed by atoms with E-state index in [1.165, 1.54) is 18.2 Å². The van der Waals surface area contributed by atoms with E-state index in [9.17, 15) is 9.18 Å². The molecule has 5 heteroatoms. The Balaban J connectivity index is 2.42. The molecule has 17 heavy (non-hydrogen) atoms. The summed E-state index contributed by atoms with van der Waals surface area (Å²) in [6.45, 7) is 3.47. The number of benzene rings is 1. The first kappa shape index (κ1) is 13.6. The molecule has 0 aliphatic heterocycles. The largest absolute Gasteiger partial charge is 0.378 e. The van der Waals surface area contributed by atoms with Gasteiger partial charge in [0.25, 0.3) is 5.91 Å². The number of ether oxygens (including phenoxy) is 1. The highest BCUT2D eigenvalue weighted by atomic mass is 19.1. The summed E-state index contributed by atoms with van der Waals surface area (Å²) in [4.78, 5) is 11.7. The molecule has 0 heterocycles. The molecule has 0 atom stereocenters.